The number of nitrogens with one attached hydrogen (secondary N) is 2. The largest absolute Gasteiger partial charge is 0.496 e. The van der Waals surface area contributed by atoms with Gasteiger partial charge in [0.05, 0.1) is 20.2 Å². The number of fused-ring (bicyclic) bond motifs is 1. The van der Waals surface area contributed by atoms with E-state index in [4.69, 9.17) is 25.8 Å². The summed E-state index contributed by atoms with van der Waals surface area (Å²) < 4.78 is 16.5. The van der Waals surface area contributed by atoms with Gasteiger partial charge in [0.25, 0.3) is 5.91 Å². The van der Waals surface area contributed by atoms with E-state index in [1.807, 2.05) is 44.3 Å². The third-order valence-corrected chi connectivity index (χ3v) is 4.88. The van der Waals surface area contributed by atoms with E-state index in [0.29, 0.717) is 31.3 Å². The first-order chi connectivity index (χ1) is 13.5. The molecule has 1 aliphatic heterocycles. The third-order valence-electron chi connectivity index (χ3n) is 4.64. The Hall–Kier alpha value is -2.44. The Kier molecular flexibility index (Phi) is 6.65. The van der Waals surface area contributed by atoms with Crippen LogP contribution in [0.15, 0.2) is 36.4 Å². The number of carbonyl (C=O) groups excluding carboxylic acids is 1. The third kappa shape index (κ3) is 5.09. The van der Waals surface area contributed by atoms with Crippen LogP contribution in [0.1, 0.15) is 24.1 Å². The van der Waals surface area contributed by atoms with E-state index in [-0.39, 0.29) is 11.9 Å². The first-order valence-electron chi connectivity index (χ1n) is 9.29. The van der Waals surface area contributed by atoms with Gasteiger partial charge in [0, 0.05) is 10.6 Å². The summed E-state index contributed by atoms with van der Waals surface area (Å²) in [7, 11) is 3.60. The molecule has 0 aromatic heterocycles. The van der Waals surface area contributed by atoms with Crippen molar-refractivity contribution in [3.05, 3.63) is 52.5 Å². The molecule has 3 rings (SSSR count). The van der Waals surface area contributed by atoms with Crippen molar-refractivity contribution in [1.29, 1.82) is 0 Å². The number of hydrogen-bond acceptors (Lipinski definition) is 4. The Labute approximate surface area is 170 Å². The van der Waals surface area contributed by atoms with E-state index in [2.05, 4.69) is 5.32 Å². The van der Waals surface area contributed by atoms with Crippen LogP contribution in [0.3, 0.4) is 0 Å². The average Bonchev–Trinajstić information content (AvgIpc) is 2.67. The Bertz CT molecular complexity index is 843. The molecule has 2 atom stereocenters. The number of rotatable bonds is 7. The first kappa shape index (κ1) is 20.3. The van der Waals surface area contributed by atoms with Crippen molar-refractivity contribution in [1.82, 2.24) is 5.32 Å². The molecule has 28 heavy (non-hydrogen) atoms. The van der Waals surface area contributed by atoms with Gasteiger partial charge < -0.3 is 24.4 Å². The van der Waals surface area contributed by atoms with E-state index in [9.17, 15) is 4.79 Å². The van der Waals surface area contributed by atoms with Crippen LogP contribution in [0, 0.1) is 0 Å². The molecule has 0 bridgehead atoms. The normalized spacial score (nSPS) is 14.9. The van der Waals surface area contributed by atoms with E-state index >= 15 is 0 Å². The Balaban J connectivity index is 1.57. The van der Waals surface area contributed by atoms with Crippen molar-refractivity contribution in [3.8, 4) is 17.2 Å². The second-order valence-electron chi connectivity index (χ2n) is 6.96. The molecular weight excluding hydrogens is 380 g/mol. The summed E-state index contributed by atoms with van der Waals surface area (Å²) in [6.07, 6.45) is 0. The van der Waals surface area contributed by atoms with Crippen molar-refractivity contribution in [2.24, 2.45) is 0 Å². The smallest absolute Gasteiger partial charge is 0.275 e. The van der Waals surface area contributed by atoms with Crippen molar-refractivity contribution in [2.45, 2.75) is 19.5 Å². The fraction of sp³-hybridized carbons (Fsp3) is 0.381. The molecule has 0 radical (unpaired) electrons. The zero-order valence-electron chi connectivity index (χ0n) is 16.4. The highest BCUT2D eigenvalue weighted by atomic mass is 35.5. The van der Waals surface area contributed by atoms with Crippen LogP contribution in [0.25, 0.3) is 0 Å². The predicted molar refractivity (Wildman–Crippen MR) is 107 cm³/mol. The van der Waals surface area contributed by atoms with Crippen LogP contribution in [0.2, 0.25) is 5.02 Å². The lowest BCUT2D eigenvalue weighted by molar-refractivity contribution is -0.885. The molecule has 150 valence electrons. The van der Waals surface area contributed by atoms with Gasteiger partial charge in [-0.25, -0.2) is 0 Å². The monoisotopic (exact) mass is 405 g/mol. The molecule has 1 unspecified atom stereocenters. The molecule has 0 saturated heterocycles. The molecule has 6 nitrogen and oxygen atoms in total. The Morgan fingerprint density at radius 2 is 1.96 bits per heavy atom. The minimum absolute atomic E-state index is 0.0270. The van der Waals surface area contributed by atoms with Crippen LogP contribution < -0.4 is 24.4 Å². The van der Waals surface area contributed by atoms with Crippen molar-refractivity contribution >= 4 is 17.5 Å². The van der Waals surface area contributed by atoms with Crippen LogP contribution in [-0.2, 0) is 11.3 Å². The molecule has 1 aliphatic rings. The molecule has 2 aromatic rings. The number of methoxy groups -OCH3 is 1. The number of ether oxygens (including phenoxy) is 3. The molecule has 0 aliphatic carbocycles. The molecule has 0 spiro atoms. The lowest BCUT2D eigenvalue weighted by Gasteiger charge is -2.21. The number of amides is 1. The lowest BCUT2D eigenvalue weighted by Crippen LogP contribution is -3.08. The van der Waals surface area contributed by atoms with Gasteiger partial charge in [-0.05, 0) is 42.8 Å². The molecule has 2 aromatic carbocycles. The molecule has 7 heteroatoms. The number of quaternary nitrogens is 1. The molecule has 0 fully saturated rings. The molecule has 1 heterocycles. The minimum Gasteiger partial charge on any atom is -0.496 e. The fourth-order valence-electron chi connectivity index (χ4n) is 3.25. The number of carbonyl (C=O) groups is 1. The maximum atomic E-state index is 12.5. The SMILES string of the molecule is COc1ccc(Cl)cc1C[NH+](C)CC(=O)N[C@@H](C)c1ccc2c(c1)OCCO2. The summed E-state index contributed by atoms with van der Waals surface area (Å²) in [5, 5.41) is 3.70. The zero-order chi connectivity index (χ0) is 20.1. The Morgan fingerprint density at radius 3 is 2.71 bits per heavy atom. The van der Waals surface area contributed by atoms with Gasteiger partial charge in [0.1, 0.15) is 25.5 Å². The average molecular weight is 406 g/mol. The number of likely N-dealkylation sites (N-methyl/N-ethyl adjacent to an activating group) is 1. The number of halogens is 1. The van der Waals surface area contributed by atoms with Gasteiger partial charge in [-0.2, -0.15) is 0 Å². The van der Waals surface area contributed by atoms with Gasteiger partial charge >= 0.3 is 0 Å². The number of benzene rings is 2. The predicted octanol–water partition coefficient (Wildman–Crippen LogP) is 2.01. The summed E-state index contributed by atoms with van der Waals surface area (Å²) in [5.74, 6) is 2.21. The van der Waals surface area contributed by atoms with E-state index in [1.165, 1.54) is 0 Å². The van der Waals surface area contributed by atoms with Gasteiger partial charge in [-0.15, -0.1) is 0 Å². The van der Waals surface area contributed by atoms with Gasteiger partial charge in [-0.3, -0.25) is 4.79 Å². The summed E-state index contributed by atoms with van der Waals surface area (Å²) in [6, 6.07) is 11.1. The Morgan fingerprint density at radius 1 is 1.21 bits per heavy atom. The van der Waals surface area contributed by atoms with Crippen LogP contribution in [-0.4, -0.2) is 39.8 Å². The van der Waals surface area contributed by atoms with Crippen LogP contribution >= 0.6 is 11.6 Å². The standard InChI is InChI=1S/C21H25ClN2O4/c1-14(15-4-6-19-20(11-15)28-9-8-27-19)23-21(25)13-24(2)12-16-10-17(22)5-7-18(16)26-3/h4-7,10-11,14H,8-9,12-13H2,1-3H3,(H,23,25)/p+1/t14-/m0/s1. The molecule has 2 N–H and O–H groups in total. The van der Waals surface area contributed by atoms with Gasteiger partial charge in [0.2, 0.25) is 0 Å². The highest BCUT2D eigenvalue weighted by Gasteiger charge is 2.18. The van der Waals surface area contributed by atoms with Gasteiger partial charge in [0.15, 0.2) is 18.0 Å². The maximum absolute atomic E-state index is 12.5. The second-order valence-corrected chi connectivity index (χ2v) is 7.40. The highest BCUT2D eigenvalue weighted by molar-refractivity contribution is 6.30. The van der Waals surface area contributed by atoms with Crippen molar-refractivity contribution in [2.75, 3.05) is 33.9 Å². The first-order valence-corrected chi connectivity index (χ1v) is 9.66. The van der Waals surface area contributed by atoms with Crippen molar-refractivity contribution < 1.29 is 23.9 Å². The minimum atomic E-state index is -0.128. The molecular formula is C21H26ClN2O4+. The molecule has 1 amide bonds. The van der Waals surface area contributed by atoms with Crippen LogP contribution in [0.4, 0.5) is 0 Å². The van der Waals surface area contributed by atoms with Gasteiger partial charge in [-0.1, -0.05) is 17.7 Å². The zero-order valence-corrected chi connectivity index (χ0v) is 17.1. The van der Waals surface area contributed by atoms with Crippen LogP contribution in [0.5, 0.6) is 17.2 Å². The summed E-state index contributed by atoms with van der Waals surface area (Å²) in [5.41, 5.74) is 1.95. The summed E-state index contributed by atoms with van der Waals surface area (Å²) in [4.78, 5) is 13.5. The van der Waals surface area contributed by atoms with E-state index in [0.717, 1.165) is 33.3 Å². The molecule has 0 saturated carbocycles. The second kappa shape index (κ2) is 9.17. The summed E-state index contributed by atoms with van der Waals surface area (Å²) >= 11 is 6.09. The van der Waals surface area contributed by atoms with Crippen molar-refractivity contribution in [3.63, 3.8) is 0 Å². The fourth-order valence-corrected chi connectivity index (χ4v) is 3.45. The maximum Gasteiger partial charge on any atom is 0.275 e. The topological polar surface area (TPSA) is 61.2 Å². The highest BCUT2D eigenvalue weighted by Crippen LogP contribution is 2.32. The van der Waals surface area contributed by atoms with E-state index in [1.54, 1.807) is 13.2 Å². The quantitative estimate of drug-likeness (QED) is 0.739. The van der Waals surface area contributed by atoms with E-state index < -0.39 is 0 Å². The number of hydrogen-bond donors (Lipinski definition) is 2. The summed E-state index contributed by atoms with van der Waals surface area (Å²) in [6.45, 7) is 4.03. The lowest BCUT2D eigenvalue weighted by atomic mass is 10.1.